The van der Waals surface area contributed by atoms with Crippen LogP contribution in [-0.2, 0) is 14.8 Å². The Hall–Kier alpha value is -1.37. The number of benzene rings is 2. The Morgan fingerprint density at radius 1 is 1.08 bits per heavy atom. The van der Waals surface area contributed by atoms with Gasteiger partial charge in [0.25, 0.3) is 10.0 Å². The number of sulfonamides is 1. The number of hydrogen-bond acceptors (Lipinski definition) is 3. The van der Waals surface area contributed by atoms with Crippen molar-refractivity contribution in [2.45, 2.75) is 31.7 Å². The lowest BCUT2D eigenvalue weighted by Crippen LogP contribution is -2.42. The minimum atomic E-state index is -3.94. The van der Waals surface area contributed by atoms with Gasteiger partial charge in [-0.15, -0.1) is 0 Å². The molecule has 0 aliphatic heterocycles. The molecule has 4 nitrogen and oxygen atoms in total. The van der Waals surface area contributed by atoms with Crippen molar-refractivity contribution < 1.29 is 13.2 Å². The molecule has 0 fully saturated rings. The van der Waals surface area contributed by atoms with Crippen LogP contribution >= 0.6 is 27.5 Å². The van der Waals surface area contributed by atoms with Gasteiger partial charge >= 0.3 is 0 Å². The zero-order chi connectivity index (χ0) is 18.1. The van der Waals surface area contributed by atoms with E-state index in [9.17, 15) is 13.2 Å². The summed E-state index contributed by atoms with van der Waals surface area (Å²) in [4.78, 5) is 11.8. The van der Waals surface area contributed by atoms with Crippen molar-refractivity contribution in [3.05, 3.63) is 58.1 Å². The molecule has 0 spiro atoms. The topological polar surface area (TPSA) is 54.5 Å². The van der Waals surface area contributed by atoms with E-state index in [2.05, 4.69) is 15.9 Å². The Balaban J connectivity index is 2.66. The van der Waals surface area contributed by atoms with Crippen molar-refractivity contribution in [2.75, 3.05) is 4.31 Å². The molecular weight excluding hydrogens is 414 g/mol. The molecule has 0 aliphatic carbocycles. The highest BCUT2D eigenvalue weighted by molar-refractivity contribution is 9.10. The summed E-state index contributed by atoms with van der Waals surface area (Å²) in [5.74, 6) is 0. The maximum atomic E-state index is 13.1. The standard InChI is InChI=1S/C17H17BrClNO3S/c1-11-8-12(2)10-15(9-11)20(13(3)17(19)21)24(22,23)16-6-4-14(18)5-7-16/h4-10,13H,1-3H3. The summed E-state index contributed by atoms with van der Waals surface area (Å²) in [6.45, 7) is 5.21. The summed E-state index contributed by atoms with van der Waals surface area (Å²) in [5, 5.41) is -0.741. The molecule has 1 unspecified atom stereocenters. The second kappa shape index (κ2) is 7.25. The average molecular weight is 431 g/mol. The lowest BCUT2D eigenvalue weighted by atomic mass is 10.1. The van der Waals surface area contributed by atoms with Gasteiger partial charge in [0, 0.05) is 4.47 Å². The summed E-state index contributed by atoms with van der Waals surface area (Å²) in [6.07, 6.45) is 0. The number of nitrogens with zero attached hydrogens (tertiary/aromatic N) is 1. The van der Waals surface area contributed by atoms with Crippen molar-refractivity contribution in [3.8, 4) is 0 Å². The van der Waals surface area contributed by atoms with E-state index < -0.39 is 21.3 Å². The Kier molecular flexibility index (Phi) is 5.73. The van der Waals surface area contributed by atoms with Gasteiger partial charge in [-0.1, -0.05) is 22.0 Å². The van der Waals surface area contributed by atoms with Crippen molar-refractivity contribution in [3.63, 3.8) is 0 Å². The molecule has 0 amide bonds. The highest BCUT2D eigenvalue weighted by Crippen LogP contribution is 2.29. The molecule has 0 aromatic heterocycles. The number of halogens is 2. The Morgan fingerprint density at radius 3 is 2.04 bits per heavy atom. The van der Waals surface area contributed by atoms with E-state index >= 15 is 0 Å². The van der Waals surface area contributed by atoms with E-state index in [0.29, 0.717) is 5.69 Å². The zero-order valence-corrected chi connectivity index (χ0v) is 16.6. The average Bonchev–Trinajstić information content (AvgIpc) is 2.46. The van der Waals surface area contributed by atoms with Crippen LogP contribution < -0.4 is 4.31 Å². The van der Waals surface area contributed by atoms with Gasteiger partial charge in [0.15, 0.2) is 0 Å². The van der Waals surface area contributed by atoms with Gasteiger partial charge < -0.3 is 0 Å². The summed E-state index contributed by atoms with van der Waals surface area (Å²) in [6, 6.07) is 10.6. The van der Waals surface area contributed by atoms with Crippen molar-refractivity contribution in [1.82, 2.24) is 0 Å². The lowest BCUT2D eigenvalue weighted by Gasteiger charge is -2.29. The fourth-order valence-corrected chi connectivity index (χ4v) is 4.48. The molecule has 0 saturated heterocycles. The first kappa shape index (κ1) is 19.0. The van der Waals surface area contributed by atoms with E-state index in [-0.39, 0.29) is 4.90 Å². The molecule has 24 heavy (non-hydrogen) atoms. The molecule has 2 aromatic rings. The molecule has 0 N–H and O–H groups in total. The SMILES string of the molecule is Cc1cc(C)cc(N(C(C)C(=O)Cl)S(=O)(=O)c2ccc(Br)cc2)c1. The van der Waals surface area contributed by atoms with Crippen LogP contribution in [0.25, 0.3) is 0 Å². The monoisotopic (exact) mass is 429 g/mol. The second-order valence-corrected chi connectivity index (χ2v) is 8.68. The van der Waals surface area contributed by atoms with Gasteiger partial charge in [0.05, 0.1) is 10.6 Å². The first-order valence-electron chi connectivity index (χ1n) is 7.20. The number of rotatable bonds is 5. The predicted molar refractivity (Wildman–Crippen MR) is 100 cm³/mol. The summed E-state index contributed by atoms with van der Waals surface area (Å²) >= 11 is 8.90. The minimum Gasteiger partial charge on any atom is -0.279 e. The predicted octanol–water partition coefficient (Wildman–Crippen LogP) is 4.42. The maximum absolute atomic E-state index is 13.1. The minimum absolute atomic E-state index is 0.0922. The highest BCUT2D eigenvalue weighted by Gasteiger charge is 2.32. The number of carbonyl (C=O) groups excluding carboxylic acids is 1. The molecule has 2 aromatic carbocycles. The van der Waals surface area contributed by atoms with Crippen molar-refractivity contribution in [1.29, 1.82) is 0 Å². The third-order valence-electron chi connectivity index (χ3n) is 3.51. The molecule has 0 radical (unpaired) electrons. The first-order chi connectivity index (χ1) is 11.1. The largest absolute Gasteiger partial charge is 0.279 e. The quantitative estimate of drug-likeness (QED) is 0.660. The van der Waals surface area contributed by atoms with Gasteiger partial charge in [-0.25, -0.2) is 8.42 Å². The van der Waals surface area contributed by atoms with Crippen LogP contribution in [0.5, 0.6) is 0 Å². The normalized spacial score (nSPS) is 12.7. The van der Waals surface area contributed by atoms with Gasteiger partial charge in [-0.05, 0) is 79.9 Å². The third-order valence-corrected chi connectivity index (χ3v) is 6.27. The van der Waals surface area contributed by atoms with E-state index in [4.69, 9.17) is 11.6 Å². The fourth-order valence-electron chi connectivity index (χ4n) is 2.46. The van der Waals surface area contributed by atoms with Gasteiger partial charge in [0.2, 0.25) is 5.24 Å². The Labute approximate surface area is 155 Å². The van der Waals surface area contributed by atoms with Crippen LogP contribution in [0.3, 0.4) is 0 Å². The summed E-state index contributed by atoms with van der Waals surface area (Å²) < 4.78 is 28.1. The number of aryl methyl sites for hydroxylation is 2. The van der Waals surface area contributed by atoms with Crippen LogP contribution in [0, 0.1) is 13.8 Å². The van der Waals surface area contributed by atoms with Crippen molar-refractivity contribution in [2.24, 2.45) is 0 Å². The van der Waals surface area contributed by atoms with Crippen LogP contribution in [-0.4, -0.2) is 19.7 Å². The smallest absolute Gasteiger partial charge is 0.265 e. The molecule has 0 bridgehead atoms. The molecule has 0 heterocycles. The number of anilines is 1. The first-order valence-corrected chi connectivity index (χ1v) is 9.81. The van der Waals surface area contributed by atoms with E-state index in [1.807, 2.05) is 19.9 Å². The molecular formula is C17H17BrClNO3S. The molecule has 7 heteroatoms. The van der Waals surface area contributed by atoms with Crippen LogP contribution in [0.15, 0.2) is 51.8 Å². The molecule has 128 valence electrons. The van der Waals surface area contributed by atoms with Crippen LogP contribution in [0.4, 0.5) is 5.69 Å². The highest BCUT2D eigenvalue weighted by atomic mass is 79.9. The van der Waals surface area contributed by atoms with Crippen molar-refractivity contribution >= 4 is 48.5 Å². The number of carbonyl (C=O) groups is 1. The Morgan fingerprint density at radius 2 is 1.58 bits per heavy atom. The van der Waals surface area contributed by atoms with Crippen LogP contribution in [0.2, 0.25) is 0 Å². The second-order valence-electron chi connectivity index (χ2n) is 5.58. The lowest BCUT2D eigenvalue weighted by molar-refractivity contribution is -0.112. The maximum Gasteiger partial charge on any atom is 0.265 e. The third kappa shape index (κ3) is 3.99. The van der Waals surface area contributed by atoms with Gasteiger partial charge in [0.1, 0.15) is 6.04 Å². The molecule has 1 atom stereocenters. The number of hydrogen-bond donors (Lipinski definition) is 0. The van der Waals surface area contributed by atoms with E-state index in [1.165, 1.54) is 19.1 Å². The molecule has 0 aliphatic rings. The van der Waals surface area contributed by atoms with E-state index in [1.54, 1.807) is 24.3 Å². The van der Waals surface area contributed by atoms with E-state index in [0.717, 1.165) is 19.9 Å². The summed E-state index contributed by atoms with van der Waals surface area (Å²) in [7, 11) is -3.94. The zero-order valence-electron chi connectivity index (χ0n) is 13.5. The summed E-state index contributed by atoms with van der Waals surface area (Å²) in [5.41, 5.74) is 2.21. The Bertz CT molecular complexity index is 846. The molecule has 0 saturated carbocycles. The van der Waals surface area contributed by atoms with Crippen LogP contribution in [0.1, 0.15) is 18.1 Å². The van der Waals surface area contributed by atoms with Gasteiger partial charge in [-0.3, -0.25) is 9.10 Å². The fraction of sp³-hybridized carbons (Fsp3) is 0.235. The van der Waals surface area contributed by atoms with Gasteiger partial charge in [-0.2, -0.15) is 0 Å². The molecule has 2 rings (SSSR count).